The summed E-state index contributed by atoms with van der Waals surface area (Å²) in [7, 11) is 5.19. The third-order valence-corrected chi connectivity index (χ3v) is 5.35. The summed E-state index contributed by atoms with van der Waals surface area (Å²) in [5, 5.41) is 6.89. The molecule has 1 saturated carbocycles. The Morgan fingerprint density at radius 2 is 1.72 bits per heavy atom. The zero-order valence-electron chi connectivity index (χ0n) is 17.8. The van der Waals surface area contributed by atoms with Gasteiger partial charge in [-0.25, -0.2) is 0 Å². The van der Waals surface area contributed by atoms with E-state index in [4.69, 9.17) is 14.2 Å². The van der Waals surface area contributed by atoms with E-state index in [0.29, 0.717) is 6.04 Å². The van der Waals surface area contributed by atoms with Gasteiger partial charge in [-0.1, -0.05) is 0 Å². The summed E-state index contributed by atoms with van der Waals surface area (Å²) in [6.45, 7) is 4.38. The van der Waals surface area contributed by atoms with Crippen LogP contribution in [0, 0.1) is 5.92 Å². The molecule has 1 aromatic rings. The summed E-state index contributed by atoms with van der Waals surface area (Å²) in [4.78, 5) is 6.72. The highest BCUT2D eigenvalue weighted by Crippen LogP contribution is 2.30. The molecule has 1 heterocycles. The van der Waals surface area contributed by atoms with Gasteiger partial charge in [0.1, 0.15) is 11.5 Å². The van der Waals surface area contributed by atoms with Crippen LogP contribution < -0.4 is 25.0 Å². The van der Waals surface area contributed by atoms with E-state index in [1.54, 1.807) is 14.2 Å². The van der Waals surface area contributed by atoms with Gasteiger partial charge in [0.2, 0.25) is 0 Å². The average molecular weight is 518 g/mol. The normalized spacial score (nSPS) is 17.5. The number of anilines is 1. The molecule has 1 aromatic carbocycles. The van der Waals surface area contributed by atoms with Gasteiger partial charge in [0, 0.05) is 63.2 Å². The minimum atomic E-state index is 0. The molecule has 8 heteroatoms. The summed E-state index contributed by atoms with van der Waals surface area (Å²) in [5.41, 5.74) is 1.14. The van der Waals surface area contributed by atoms with Crippen molar-refractivity contribution in [2.45, 2.75) is 31.7 Å². The predicted octanol–water partition coefficient (Wildman–Crippen LogP) is 2.88. The molecule has 3 rings (SSSR count). The number of ether oxygens (including phenoxy) is 3. The van der Waals surface area contributed by atoms with Gasteiger partial charge in [0.25, 0.3) is 0 Å². The summed E-state index contributed by atoms with van der Waals surface area (Å²) < 4.78 is 16.5. The molecule has 0 unspecified atom stereocenters. The van der Waals surface area contributed by atoms with Crippen molar-refractivity contribution in [3.8, 4) is 11.5 Å². The Morgan fingerprint density at radius 3 is 2.28 bits per heavy atom. The van der Waals surface area contributed by atoms with Crippen LogP contribution in [0.5, 0.6) is 11.5 Å². The van der Waals surface area contributed by atoms with Gasteiger partial charge in [-0.2, -0.15) is 0 Å². The minimum absolute atomic E-state index is 0. The Morgan fingerprint density at radius 1 is 1.07 bits per heavy atom. The van der Waals surface area contributed by atoms with E-state index < -0.39 is 0 Å². The number of halogens is 1. The van der Waals surface area contributed by atoms with Crippen LogP contribution in [0.2, 0.25) is 0 Å². The van der Waals surface area contributed by atoms with Gasteiger partial charge in [-0.15, -0.1) is 24.0 Å². The highest BCUT2D eigenvalue weighted by Gasteiger charge is 2.22. The van der Waals surface area contributed by atoms with E-state index in [1.807, 2.05) is 13.1 Å². The highest BCUT2D eigenvalue weighted by atomic mass is 127. The van der Waals surface area contributed by atoms with Crippen LogP contribution >= 0.6 is 24.0 Å². The molecule has 164 valence electrons. The fourth-order valence-electron chi connectivity index (χ4n) is 3.42. The molecule has 0 radical (unpaired) electrons. The monoisotopic (exact) mass is 518 g/mol. The number of guanidine groups is 1. The molecule has 7 nitrogen and oxygen atoms in total. The van der Waals surface area contributed by atoms with Crippen molar-refractivity contribution >= 4 is 35.6 Å². The molecular weight excluding hydrogens is 483 g/mol. The zero-order valence-corrected chi connectivity index (χ0v) is 20.1. The standard InChI is InChI=1S/C21H34N4O3.HI/c1-22-21(23-8-11-28-15-16-4-5-16)24-17-6-9-25(10-7-17)18-12-19(26-2)14-20(13-18)27-3;/h12-14,16-17H,4-11,15H2,1-3H3,(H2,22,23,24);1H. The van der Waals surface area contributed by atoms with Crippen molar-refractivity contribution in [1.29, 1.82) is 0 Å². The Kier molecular flexibility index (Phi) is 10.1. The van der Waals surface area contributed by atoms with Gasteiger partial charge in [-0.3, -0.25) is 4.99 Å². The number of methoxy groups -OCH3 is 2. The van der Waals surface area contributed by atoms with Crippen LogP contribution in [0.3, 0.4) is 0 Å². The second-order valence-corrected chi connectivity index (χ2v) is 7.49. The smallest absolute Gasteiger partial charge is 0.191 e. The van der Waals surface area contributed by atoms with Gasteiger partial charge in [-0.05, 0) is 31.6 Å². The van der Waals surface area contributed by atoms with Crippen molar-refractivity contribution < 1.29 is 14.2 Å². The number of hydrogen-bond donors (Lipinski definition) is 2. The number of rotatable bonds is 9. The predicted molar refractivity (Wildman–Crippen MR) is 128 cm³/mol. The summed E-state index contributed by atoms with van der Waals surface area (Å²) in [6, 6.07) is 6.46. The van der Waals surface area contributed by atoms with Crippen LogP contribution in [0.25, 0.3) is 0 Å². The lowest BCUT2D eigenvalue weighted by atomic mass is 10.0. The van der Waals surface area contributed by atoms with Gasteiger partial charge < -0.3 is 29.7 Å². The van der Waals surface area contributed by atoms with E-state index in [9.17, 15) is 0 Å². The van der Waals surface area contributed by atoms with Crippen molar-refractivity contribution in [3.63, 3.8) is 0 Å². The van der Waals surface area contributed by atoms with Crippen molar-refractivity contribution in [3.05, 3.63) is 18.2 Å². The Hall–Kier alpha value is -1.42. The highest BCUT2D eigenvalue weighted by molar-refractivity contribution is 14.0. The van der Waals surface area contributed by atoms with Crippen LogP contribution in [-0.2, 0) is 4.74 Å². The molecule has 2 aliphatic rings. The summed E-state index contributed by atoms with van der Waals surface area (Å²) in [6.07, 6.45) is 4.77. The molecule has 29 heavy (non-hydrogen) atoms. The van der Waals surface area contributed by atoms with Crippen molar-refractivity contribution in [2.75, 3.05) is 59.0 Å². The molecule has 0 aromatic heterocycles. The molecule has 1 saturated heterocycles. The Labute approximate surface area is 191 Å². The van der Waals surface area contributed by atoms with Gasteiger partial charge >= 0.3 is 0 Å². The van der Waals surface area contributed by atoms with E-state index in [1.165, 1.54) is 12.8 Å². The van der Waals surface area contributed by atoms with Crippen molar-refractivity contribution in [1.82, 2.24) is 10.6 Å². The first kappa shape index (κ1) is 23.9. The Bertz CT molecular complexity index is 625. The van der Waals surface area contributed by atoms with E-state index in [-0.39, 0.29) is 24.0 Å². The first-order chi connectivity index (χ1) is 13.7. The number of nitrogens with zero attached hydrogens (tertiary/aromatic N) is 2. The fourth-order valence-corrected chi connectivity index (χ4v) is 3.42. The quantitative estimate of drug-likeness (QED) is 0.227. The van der Waals surface area contributed by atoms with E-state index >= 15 is 0 Å². The molecule has 0 amide bonds. The van der Waals surface area contributed by atoms with Gasteiger partial charge in [0.05, 0.1) is 20.8 Å². The van der Waals surface area contributed by atoms with Crippen LogP contribution in [-0.4, -0.2) is 66.1 Å². The second kappa shape index (κ2) is 12.3. The largest absolute Gasteiger partial charge is 0.497 e. The molecule has 0 spiro atoms. The Balaban J connectivity index is 0.00000300. The maximum Gasteiger partial charge on any atom is 0.191 e. The maximum absolute atomic E-state index is 5.67. The van der Waals surface area contributed by atoms with Gasteiger partial charge in [0.15, 0.2) is 5.96 Å². The lowest BCUT2D eigenvalue weighted by molar-refractivity contribution is 0.129. The molecular formula is C21H35IN4O3. The summed E-state index contributed by atoms with van der Waals surface area (Å²) in [5.74, 6) is 3.31. The third kappa shape index (κ3) is 7.73. The molecule has 1 aliphatic carbocycles. The number of nitrogens with one attached hydrogen (secondary N) is 2. The molecule has 0 bridgehead atoms. The number of hydrogen-bond acceptors (Lipinski definition) is 5. The first-order valence-electron chi connectivity index (χ1n) is 10.2. The lowest BCUT2D eigenvalue weighted by Crippen LogP contribution is -2.49. The number of piperidine rings is 1. The van der Waals surface area contributed by atoms with Crippen LogP contribution in [0.15, 0.2) is 23.2 Å². The minimum Gasteiger partial charge on any atom is -0.497 e. The molecule has 1 aliphatic heterocycles. The summed E-state index contributed by atoms with van der Waals surface area (Å²) >= 11 is 0. The zero-order chi connectivity index (χ0) is 19.8. The van der Waals surface area contributed by atoms with Crippen LogP contribution in [0.1, 0.15) is 25.7 Å². The number of benzene rings is 1. The topological polar surface area (TPSA) is 67.4 Å². The SMILES string of the molecule is CN=C(NCCOCC1CC1)NC1CCN(c2cc(OC)cc(OC)c2)CC1.I. The van der Waals surface area contributed by atoms with Crippen LogP contribution in [0.4, 0.5) is 5.69 Å². The maximum atomic E-state index is 5.67. The third-order valence-electron chi connectivity index (χ3n) is 5.35. The second-order valence-electron chi connectivity index (χ2n) is 7.49. The number of aliphatic imine (C=N–C) groups is 1. The molecule has 2 N–H and O–H groups in total. The molecule has 2 fully saturated rings. The van der Waals surface area contributed by atoms with E-state index in [0.717, 1.165) is 74.8 Å². The molecule has 0 atom stereocenters. The first-order valence-corrected chi connectivity index (χ1v) is 10.2. The lowest BCUT2D eigenvalue weighted by Gasteiger charge is -2.34. The average Bonchev–Trinajstić information content (AvgIpc) is 3.57. The van der Waals surface area contributed by atoms with Crippen molar-refractivity contribution in [2.24, 2.45) is 10.9 Å². The van der Waals surface area contributed by atoms with E-state index in [2.05, 4.69) is 32.7 Å². The fraction of sp³-hybridized carbons (Fsp3) is 0.667.